The molecular weight excluding hydrogens is 268 g/mol. The molecule has 0 saturated carbocycles. The van der Waals surface area contributed by atoms with E-state index in [0.717, 1.165) is 30.6 Å². The van der Waals surface area contributed by atoms with Crippen LogP contribution < -0.4 is 5.32 Å². The Kier molecular flexibility index (Phi) is 4.65. The summed E-state index contributed by atoms with van der Waals surface area (Å²) in [4.78, 5) is 26.2. The predicted octanol–water partition coefficient (Wildman–Crippen LogP) is 1.86. The topological polar surface area (TPSA) is 78.1 Å². The zero-order chi connectivity index (χ0) is 15.6. The van der Waals surface area contributed by atoms with Crippen LogP contribution in [0.1, 0.15) is 37.9 Å². The van der Waals surface area contributed by atoms with Crippen molar-refractivity contribution < 1.29 is 9.59 Å². The number of nitrogens with one attached hydrogen (secondary N) is 2. The Balaban J connectivity index is 1.99. The van der Waals surface area contributed by atoms with Crippen LogP contribution in [0.4, 0.5) is 5.82 Å². The lowest BCUT2D eigenvalue weighted by Crippen LogP contribution is -2.45. The Hall–Kier alpha value is -1.85. The van der Waals surface area contributed by atoms with Crippen molar-refractivity contribution in [3.63, 3.8) is 0 Å². The first-order valence-corrected chi connectivity index (χ1v) is 7.51. The molecule has 2 amide bonds. The standard InChI is InChI=1S/C15H24N4O2/c1-9(2)15(21)19-7-5-6-12(8-19)14(20)16-13-10(3)11(4)17-18-13/h9,12H,5-8H2,1-4H3,(H2,16,17,18,20). The van der Waals surface area contributed by atoms with E-state index < -0.39 is 0 Å². The Morgan fingerprint density at radius 1 is 1.38 bits per heavy atom. The van der Waals surface area contributed by atoms with Gasteiger partial charge in [0.15, 0.2) is 5.82 Å². The van der Waals surface area contributed by atoms with E-state index in [2.05, 4.69) is 15.5 Å². The van der Waals surface area contributed by atoms with Crippen molar-refractivity contribution in [1.29, 1.82) is 0 Å². The lowest BCUT2D eigenvalue weighted by Gasteiger charge is -2.33. The fourth-order valence-electron chi connectivity index (χ4n) is 2.58. The molecule has 0 bridgehead atoms. The van der Waals surface area contributed by atoms with Crippen LogP contribution in [0, 0.1) is 25.7 Å². The summed E-state index contributed by atoms with van der Waals surface area (Å²) in [6.07, 6.45) is 1.69. The number of anilines is 1. The van der Waals surface area contributed by atoms with Gasteiger partial charge in [0.25, 0.3) is 0 Å². The van der Waals surface area contributed by atoms with Crippen LogP contribution in [0.2, 0.25) is 0 Å². The molecule has 1 aromatic heterocycles. The highest BCUT2D eigenvalue weighted by Gasteiger charge is 2.29. The summed E-state index contributed by atoms with van der Waals surface area (Å²) in [5.41, 5.74) is 1.90. The molecule has 1 unspecified atom stereocenters. The Morgan fingerprint density at radius 2 is 2.10 bits per heavy atom. The van der Waals surface area contributed by atoms with Gasteiger partial charge in [-0.25, -0.2) is 0 Å². The van der Waals surface area contributed by atoms with E-state index in [0.29, 0.717) is 12.4 Å². The highest BCUT2D eigenvalue weighted by Crippen LogP contribution is 2.21. The van der Waals surface area contributed by atoms with Gasteiger partial charge >= 0.3 is 0 Å². The van der Waals surface area contributed by atoms with Crippen molar-refractivity contribution in [3.8, 4) is 0 Å². The van der Waals surface area contributed by atoms with Crippen LogP contribution >= 0.6 is 0 Å². The fourth-order valence-corrected chi connectivity index (χ4v) is 2.58. The van der Waals surface area contributed by atoms with E-state index in [-0.39, 0.29) is 23.7 Å². The number of carbonyl (C=O) groups is 2. The van der Waals surface area contributed by atoms with Crippen molar-refractivity contribution in [2.75, 3.05) is 18.4 Å². The Morgan fingerprint density at radius 3 is 2.67 bits per heavy atom. The molecule has 0 radical (unpaired) electrons. The monoisotopic (exact) mass is 292 g/mol. The van der Waals surface area contributed by atoms with Crippen molar-refractivity contribution in [3.05, 3.63) is 11.3 Å². The number of rotatable bonds is 3. The first-order chi connectivity index (χ1) is 9.90. The number of aromatic amines is 1. The molecule has 1 aliphatic rings. The number of hydrogen-bond donors (Lipinski definition) is 2. The molecule has 0 aliphatic carbocycles. The molecule has 1 fully saturated rings. The van der Waals surface area contributed by atoms with Gasteiger partial charge in [0.1, 0.15) is 0 Å². The van der Waals surface area contributed by atoms with Gasteiger partial charge in [-0.15, -0.1) is 0 Å². The van der Waals surface area contributed by atoms with Crippen molar-refractivity contribution >= 4 is 17.6 Å². The first-order valence-electron chi connectivity index (χ1n) is 7.51. The number of aryl methyl sites for hydroxylation is 1. The number of aromatic nitrogens is 2. The Labute approximate surface area is 125 Å². The SMILES string of the molecule is Cc1[nH]nc(NC(=O)C2CCCN(C(=O)C(C)C)C2)c1C. The van der Waals surface area contributed by atoms with E-state index in [9.17, 15) is 9.59 Å². The maximum absolute atomic E-state index is 12.4. The summed E-state index contributed by atoms with van der Waals surface area (Å²) in [7, 11) is 0. The molecule has 0 spiro atoms. The van der Waals surface area contributed by atoms with Gasteiger partial charge in [0.2, 0.25) is 11.8 Å². The normalized spacial score (nSPS) is 18.9. The minimum Gasteiger partial charge on any atom is -0.342 e. The van der Waals surface area contributed by atoms with Gasteiger partial charge < -0.3 is 10.2 Å². The summed E-state index contributed by atoms with van der Waals surface area (Å²) < 4.78 is 0. The molecule has 2 N–H and O–H groups in total. The molecule has 2 heterocycles. The minimum atomic E-state index is -0.155. The second-order valence-corrected chi connectivity index (χ2v) is 6.09. The third kappa shape index (κ3) is 3.43. The van der Waals surface area contributed by atoms with Crippen LogP contribution in [-0.2, 0) is 9.59 Å². The summed E-state index contributed by atoms with van der Waals surface area (Å²) >= 11 is 0. The van der Waals surface area contributed by atoms with E-state index in [1.54, 1.807) is 4.90 Å². The molecule has 1 aromatic rings. The first kappa shape index (κ1) is 15.5. The van der Waals surface area contributed by atoms with E-state index in [4.69, 9.17) is 0 Å². The number of carbonyl (C=O) groups excluding carboxylic acids is 2. The van der Waals surface area contributed by atoms with Gasteiger partial charge in [-0.3, -0.25) is 14.7 Å². The highest BCUT2D eigenvalue weighted by molar-refractivity contribution is 5.93. The average Bonchev–Trinajstić information content (AvgIpc) is 2.78. The molecule has 21 heavy (non-hydrogen) atoms. The molecular formula is C15H24N4O2. The minimum absolute atomic E-state index is 0.0250. The van der Waals surface area contributed by atoms with E-state index in [1.807, 2.05) is 27.7 Å². The third-order valence-corrected chi connectivity index (χ3v) is 4.09. The van der Waals surface area contributed by atoms with Gasteiger partial charge in [-0.1, -0.05) is 13.8 Å². The van der Waals surface area contributed by atoms with Crippen molar-refractivity contribution in [1.82, 2.24) is 15.1 Å². The zero-order valence-electron chi connectivity index (χ0n) is 13.2. The highest BCUT2D eigenvalue weighted by atomic mass is 16.2. The largest absolute Gasteiger partial charge is 0.342 e. The lowest BCUT2D eigenvalue weighted by atomic mass is 9.96. The van der Waals surface area contributed by atoms with Crippen LogP contribution in [0.25, 0.3) is 0 Å². The number of amides is 2. The van der Waals surface area contributed by atoms with Crippen LogP contribution in [-0.4, -0.2) is 40.0 Å². The molecule has 0 aromatic carbocycles. The van der Waals surface area contributed by atoms with Crippen molar-refractivity contribution in [2.45, 2.75) is 40.5 Å². The quantitative estimate of drug-likeness (QED) is 0.892. The van der Waals surface area contributed by atoms with Crippen LogP contribution in [0.5, 0.6) is 0 Å². The van der Waals surface area contributed by atoms with Gasteiger partial charge in [0.05, 0.1) is 5.92 Å². The lowest BCUT2D eigenvalue weighted by molar-refractivity contribution is -0.137. The molecule has 1 atom stereocenters. The number of piperidine rings is 1. The number of H-pyrrole nitrogens is 1. The number of nitrogens with zero attached hydrogens (tertiary/aromatic N) is 2. The zero-order valence-corrected chi connectivity index (χ0v) is 13.2. The Bertz CT molecular complexity index is 536. The van der Waals surface area contributed by atoms with Crippen LogP contribution in [0.15, 0.2) is 0 Å². The van der Waals surface area contributed by atoms with Gasteiger partial charge in [0, 0.05) is 30.3 Å². The molecule has 116 valence electrons. The van der Waals surface area contributed by atoms with Crippen LogP contribution in [0.3, 0.4) is 0 Å². The summed E-state index contributed by atoms with van der Waals surface area (Å²) in [6.45, 7) is 8.88. The third-order valence-electron chi connectivity index (χ3n) is 4.09. The maximum Gasteiger partial charge on any atom is 0.230 e. The second-order valence-electron chi connectivity index (χ2n) is 6.09. The smallest absolute Gasteiger partial charge is 0.230 e. The predicted molar refractivity (Wildman–Crippen MR) is 80.8 cm³/mol. The van der Waals surface area contributed by atoms with Crippen molar-refractivity contribution in [2.24, 2.45) is 11.8 Å². The number of hydrogen-bond acceptors (Lipinski definition) is 3. The average molecular weight is 292 g/mol. The summed E-state index contributed by atoms with van der Waals surface area (Å²) in [5, 5.41) is 9.82. The fraction of sp³-hybridized carbons (Fsp3) is 0.667. The molecule has 6 heteroatoms. The van der Waals surface area contributed by atoms with E-state index in [1.165, 1.54) is 0 Å². The molecule has 1 aliphatic heterocycles. The second kappa shape index (κ2) is 6.28. The van der Waals surface area contributed by atoms with Gasteiger partial charge in [-0.05, 0) is 26.7 Å². The molecule has 6 nitrogen and oxygen atoms in total. The number of likely N-dealkylation sites (tertiary alicyclic amines) is 1. The molecule has 2 rings (SSSR count). The van der Waals surface area contributed by atoms with Gasteiger partial charge in [-0.2, -0.15) is 5.10 Å². The molecule has 1 saturated heterocycles. The van der Waals surface area contributed by atoms with E-state index >= 15 is 0 Å². The summed E-state index contributed by atoms with van der Waals surface area (Å²) in [5.74, 6) is 0.482. The maximum atomic E-state index is 12.4. The summed E-state index contributed by atoms with van der Waals surface area (Å²) in [6, 6.07) is 0.